The van der Waals surface area contributed by atoms with Gasteiger partial charge in [0.05, 0.1) is 44.3 Å². The zero-order valence-corrected chi connectivity index (χ0v) is 35.4. The van der Waals surface area contributed by atoms with Gasteiger partial charge in [-0.15, -0.1) is 0 Å². The average molecular weight is 944 g/mol. The van der Waals surface area contributed by atoms with Crippen LogP contribution < -0.4 is 9.47 Å². The van der Waals surface area contributed by atoms with Crippen LogP contribution in [0.2, 0.25) is 0 Å². The summed E-state index contributed by atoms with van der Waals surface area (Å²) in [5.74, 6) is -3.95. The van der Waals surface area contributed by atoms with Gasteiger partial charge in [-0.2, -0.15) is 0 Å². The molecule has 0 radical (unpaired) electrons. The first-order valence-electron chi connectivity index (χ1n) is 15.5. The molecule has 14 heteroatoms. The van der Waals surface area contributed by atoms with Crippen molar-refractivity contribution in [1.29, 1.82) is 0 Å². The number of hydrogen-bond donors (Lipinski definition) is 0. The van der Waals surface area contributed by atoms with E-state index in [-0.39, 0.29) is 50.8 Å². The van der Waals surface area contributed by atoms with Crippen LogP contribution in [-0.2, 0) is 43.4 Å². The average Bonchev–Trinajstić information content (AvgIpc) is 3.00. The van der Waals surface area contributed by atoms with Gasteiger partial charge in [0.25, 0.3) is 0 Å². The lowest BCUT2D eigenvalue weighted by Gasteiger charge is -2.32. The second-order valence-electron chi connectivity index (χ2n) is 11.2. The summed E-state index contributed by atoms with van der Waals surface area (Å²) in [5.41, 5.74) is 1.76. The molecule has 0 aliphatic carbocycles. The minimum atomic E-state index is -1.77. The summed E-state index contributed by atoms with van der Waals surface area (Å²) in [4.78, 5) is 24.8. The lowest BCUT2D eigenvalue weighted by molar-refractivity contribution is -0.368. The second kappa shape index (κ2) is 19.2. The summed E-state index contributed by atoms with van der Waals surface area (Å²) in [5, 5.41) is 0. The highest BCUT2D eigenvalue weighted by molar-refractivity contribution is 9.11. The zero-order valence-electron chi connectivity index (χ0n) is 29.1. The SMILES string of the molecule is C=C(C)C(=O)OC(COc1c(Br)cc(C(C)(C)c2cc(Br)c(OCC(OCC)(OCC)OC(=O)C(=C)C)c(Br)c2)cc1Br)(OCC)OCC. The third-order valence-electron chi connectivity index (χ3n) is 6.88. The fourth-order valence-electron chi connectivity index (χ4n) is 4.37. The molecule has 0 saturated carbocycles. The van der Waals surface area contributed by atoms with Crippen LogP contribution in [0.1, 0.15) is 66.5 Å². The fourth-order valence-corrected chi connectivity index (χ4v) is 7.20. The van der Waals surface area contributed by atoms with E-state index in [0.29, 0.717) is 29.4 Å². The molecule has 0 atom stereocenters. The first kappa shape index (κ1) is 43.4. The van der Waals surface area contributed by atoms with Crippen molar-refractivity contribution in [1.82, 2.24) is 0 Å². The standard InChI is InChI=1S/C35H44Br4O10/c1-11-44-34(45-12-2,48-31(40)21(5)6)19-42-29-25(36)15-23(16-26(29)37)33(9,10)24-17-27(38)30(28(39)18-24)43-20-35(46-13-3,47-14-4)49-32(41)22(7)8/h15-18H,5,7,11-14,19-20H2,1-4,6,8-10H3. The van der Waals surface area contributed by atoms with Crippen molar-refractivity contribution < 1.29 is 47.5 Å². The highest BCUT2D eigenvalue weighted by Crippen LogP contribution is 2.44. The molecule has 0 heterocycles. The van der Waals surface area contributed by atoms with Crippen molar-refractivity contribution in [3.63, 3.8) is 0 Å². The van der Waals surface area contributed by atoms with Crippen molar-refractivity contribution in [3.05, 3.63) is 77.6 Å². The summed E-state index contributed by atoms with van der Waals surface area (Å²) >= 11 is 14.6. The number of benzene rings is 2. The van der Waals surface area contributed by atoms with Gasteiger partial charge in [0.15, 0.2) is 13.2 Å². The quantitative estimate of drug-likeness (QED) is 0.0724. The number of ether oxygens (including phenoxy) is 8. The van der Waals surface area contributed by atoms with Crippen LogP contribution in [0.5, 0.6) is 11.5 Å². The molecule has 0 spiro atoms. The Labute approximate surface area is 322 Å². The molecule has 0 N–H and O–H groups in total. The van der Waals surface area contributed by atoms with Gasteiger partial charge in [0.1, 0.15) is 11.5 Å². The minimum Gasteiger partial charge on any atom is -0.481 e. The highest BCUT2D eigenvalue weighted by atomic mass is 79.9. The zero-order chi connectivity index (χ0) is 37.2. The van der Waals surface area contributed by atoms with E-state index in [9.17, 15) is 9.59 Å². The van der Waals surface area contributed by atoms with Gasteiger partial charge in [0.2, 0.25) is 0 Å². The van der Waals surface area contributed by atoms with Crippen LogP contribution in [0.3, 0.4) is 0 Å². The third kappa shape index (κ3) is 11.6. The van der Waals surface area contributed by atoms with Crippen LogP contribution in [-0.4, -0.2) is 63.5 Å². The molecule has 0 aliphatic heterocycles. The Morgan fingerprint density at radius 1 is 0.592 bits per heavy atom. The molecule has 272 valence electrons. The first-order chi connectivity index (χ1) is 22.9. The van der Waals surface area contributed by atoms with Crippen LogP contribution in [0, 0.1) is 0 Å². The summed E-state index contributed by atoms with van der Waals surface area (Å²) in [7, 11) is 0. The Bertz CT molecular complexity index is 1340. The smallest absolute Gasteiger partial charge is 0.365 e. The van der Waals surface area contributed by atoms with Gasteiger partial charge < -0.3 is 37.9 Å². The van der Waals surface area contributed by atoms with Crippen molar-refractivity contribution in [3.8, 4) is 11.5 Å². The third-order valence-corrected chi connectivity index (χ3v) is 9.23. The van der Waals surface area contributed by atoms with Crippen molar-refractivity contribution in [2.24, 2.45) is 0 Å². The van der Waals surface area contributed by atoms with Crippen LogP contribution in [0.25, 0.3) is 0 Å². The molecular weight excluding hydrogens is 900 g/mol. The molecule has 2 aromatic rings. The molecule has 0 saturated heterocycles. The monoisotopic (exact) mass is 940 g/mol. The maximum absolute atomic E-state index is 12.4. The molecule has 0 aliphatic rings. The maximum atomic E-state index is 12.4. The molecule has 2 rings (SSSR count). The van der Waals surface area contributed by atoms with E-state index >= 15 is 0 Å². The molecular formula is C35H44Br4O10. The topological polar surface area (TPSA) is 108 Å². The summed E-state index contributed by atoms with van der Waals surface area (Å²) in [6, 6.07) is 7.79. The second-order valence-corrected chi connectivity index (χ2v) is 14.6. The molecule has 0 amide bonds. The van der Waals surface area contributed by atoms with Crippen LogP contribution in [0.4, 0.5) is 0 Å². The fraction of sp³-hybridized carbons (Fsp3) is 0.486. The Morgan fingerprint density at radius 3 is 1.08 bits per heavy atom. The van der Waals surface area contributed by atoms with Gasteiger partial charge >= 0.3 is 23.9 Å². The Hall–Kier alpha value is -1.78. The summed E-state index contributed by atoms with van der Waals surface area (Å²) < 4.78 is 48.8. The molecule has 49 heavy (non-hydrogen) atoms. The van der Waals surface area contributed by atoms with Gasteiger partial charge in [0, 0.05) is 16.6 Å². The summed E-state index contributed by atoms with van der Waals surface area (Å²) in [6.45, 7) is 21.9. The number of halogens is 4. The van der Waals surface area contributed by atoms with Crippen molar-refractivity contribution >= 4 is 75.7 Å². The van der Waals surface area contributed by atoms with E-state index in [1.165, 1.54) is 13.8 Å². The predicted molar refractivity (Wildman–Crippen MR) is 201 cm³/mol. The lowest BCUT2D eigenvalue weighted by Crippen LogP contribution is -2.46. The first-order valence-corrected chi connectivity index (χ1v) is 18.7. The normalized spacial score (nSPS) is 12.0. The van der Waals surface area contributed by atoms with Gasteiger partial charge in [-0.1, -0.05) is 27.0 Å². The van der Waals surface area contributed by atoms with E-state index in [2.05, 4.69) is 90.7 Å². The number of esters is 2. The highest BCUT2D eigenvalue weighted by Gasteiger charge is 2.40. The molecule has 10 nitrogen and oxygen atoms in total. The molecule has 0 fully saturated rings. The lowest BCUT2D eigenvalue weighted by atomic mass is 9.78. The number of carbonyl (C=O) groups is 2. The maximum Gasteiger partial charge on any atom is 0.365 e. The summed E-state index contributed by atoms with van der Waals surface area (Å²) in [6.07, 6.45) is 0. The van der Waals surface area contributed by atoms with Crippen molar-refractivity contribution in [2.45, 2.75) is 72.8 Å². The molecule has 0 bridgehead atoms. The Morgan fingerprint density at radius 2 is 0.857 bits per heavy atom. The Kier molecular flexibility index (Phi) is 17.0. The van der Waals surface area contributed by atoms with Gasteiger partial charge in [-0.25, -0.2) is 9.59 Å². The van der Waals surface area contributed by atoms with E-state index in [4.69, 9.17) is 37.9 Å². The van der Waals surface area contributed by atoms with E-state index in [1.807, 2.05) is 24.3 Å². The molecule has 0 aromatic heterocycles. The predicted octanol–water partition coefficient (Wildman–Crippen LogP) is 9.51. The van der Waals surface area contributed by atoms with Gasteiger partial charge in [-0.3, -0.25) is 0 Å². The van der Waals surface area contributed by atoms with Crippen LogP contribution >= 0.6 is 63.7 Å². The molecule has 0 unspecified atom stereocenters. The van der Waals surface area contributed by atoms with E-state index in [0.717, 1.165) is 11.1 Å². The number of rotatable bonds is 20. The molecule has 2 aromatic carbocycles. The van der Waals surface area contributed by atoms with E-state index < -0.39 is 29.3 Å². The van der Waals surface area contributed by atoms with Gasteiger partial charge in [-0.05, 0) is 141 Å². The number of carbonyl (C=O) groups excluding carboxylic acids is 2. The van der Waals surface area contributed by atoms with Crippen LogP contribution in [0.15, 0.2) is 66.5 Å². The largest absolute Gasteiger partial charge is 0.481 e. The van der Waals surface area contributed by atoms with Crippen molar-refractivity contribution in [2.75, 3.05) is 39.6 Å². The minimum absolute atomic E-state index is 0.198. The number of hydrogen-bond acceptors (Lipinski definition) is 10. The van der Waals surface area contributed by atoms with E-state index in [1.54, 1.807) is 27.7 Å². The Balaban J connectivity index is 2.40.